The number of likely N-dealkylation sites (tertiary alicyclic amines) is 1. The molecule has 0 aliphatic carbocycles. The summed E-state index contributed by atoms with van der Waals surface area (Å²) in [6, 6.07) is 0.788. The highest BCUT2D eigenvalue weighted by Gasteiger charge is 2.31. The first kappa shape index (κ1) is 22.1. The lowest BCUT2D eigenvalue weighted by Gasteiger charge is -2.31. The van der Waals surface area contributed by atoms with Gasteiger partial charge in [-0.15, -0.1) is 24.0 Å². The van der Waals surface area contributed by atoms with Gasteiger partial charge < -0.3 is 15.4 Å². The summed E-state index contributed by atoms with van der Waals surface area (Å²) >= 11 is 5.76. The fourth-order valence-electron chi connectivity index (χ4n) is 2.33. The number of aromatic nitrogens is 1. The van der Waals surface area contributed by atoms with E-state index in [0.717, 1.165) is 32.0 Å². The SMILES string of the molecule is CC1CCN(C(N)=NCCOc2ncc(C(F)(F)F)cc2Cl)CC1.I. The van der Waals surface area contributed by atoms with Crippen molar-refractivity contribution in [3.05, 3.63) is 22.8 Å². The second-order valence-electron chi connectivity index (χ2n) is 5.77. The van der Waals surface area contributed by atoms with E-state index < -0.39 is 11.7 Å². The van der Waals surface area contributed by atoms with Crippen molar-refractivity contribution in [3.63, 3.8) is 0 Å². The summed E-state index contributed by atoms with van der Waals surface area (Å²) in [6.45, 7) is 4.37. The van der Waals surface area contributed by atoms with Gasteiger partial charge in [-0.2, -0.15) is 13.2 Å². The molecule has 1 saturated heterocycles. The molecule has 0 radical (unpaired) electrons. The Labute approximate surface area is 166 Å². The summed E-state index contributed by atoms with van der Waals surface area (Å²) in [5.41, 5.74) is 5.01. The maximum atomic E-state index is 12.5. The molecule has 0 bridgehead atoms. The van der Waals surface area contributed by atoms with Crippen LogP contribution in [0.1, 0.15) is 25.3 Å². The van der Waals surface area contributed by atoms with Gasteiger partial charge in [0, 0.05) is 19.3 Å². The lowest BCUT2D eigenvalue weighted by Crippen LogP contribution is -2.42. The average Bonchev–Trinajstić information content (AvgIpc) is 2.52. The number of pyridine rings is 1. The minimum Gasteiger partial charge on any atom is -0.475 e. The van der Waals surface area contributed by atoms with Gasteiger partial charge in [0.2, 0.25) is 5.88 Å². The van der Waals surface area contributed by atoms with Crippen molar-refractivity contribution in [1.29, 1.82) is 0 Å². The molecular weight excluding hydrogens is 472 g/mol. The second kappa shape index (κ2) is 9.65. The highest BCUT2D eigenvalue weighted by atomic mass is 127. The number of hydrogen-bond donors (Lipinski definition) is 1. The zero-order valence-corrected chi connectivity index (χ0v) is 16.8. The Morgan fingerprint density at radius 2 is 2.08 bits per heavy atom. The van der Waals surface area contributed by atoms with Crippen molar-refractivity contribution in [3.8, 4) is 5.88 Å². The van der Waals surface area contributed by atoms with E-state index in [0.29, 0.717) is 18.1 Å². The average molecular weight is 493 g/mol. The maximum Gasteiger partial charge on any atom is 0.417 e. The number of halogens is 5. The van der Waals surface area contributed by atoms with Crippen LogP contribution in [0, 0.1) is 5.92 Å². The summed E-state index contributed by atoms with van der Waals surface area (Å²) in [5.74, 6) is 1.10. The molecular formula is C15H21ClF3IN4O. The molecule has 0 spiro atoms. The number of guanidine groups is 1. The van der Waals surface area contributed by atoms with Crippen LogP contribution in [-0.2, 0) is 6.18 Å². The third-order valence-corrected chi connectivity index (χ3v) is 4.12. The van der Waals surface area contributed by atoms with Gasteiger partial charge in [-0.25, -0.2) is 9.98 Å². The molecule has 2 N–H and O–H groups in total. The monoisotopic (exact) mass is 492 g/mol. The van der Waals surface area contributed by atoms with Crippen LogP contribution in [0.4, 0.5) is 13.2 Å². The Balaban J connectivity index is 0.00000312. The molecule has 1 fully saturated rings. The second-order valence-corrected chi connectivity index (χ2v) is 6.17. The summed E-state index contributed by atoms with van der Waals surface area (Å²) in [4.78, 5) is 9.83. The van der Waals surface area contributed by atoms with Gasteiger partial charge in [-0.1, -0.05) is 18.5 Å². The first-order chi connectivity index (χ1) is 11.3. The van der Waals surface area contributed by atoms with Gasteiger partial charge in [0.05, 0.1) is 12.1 Å². The largest absolute Gasteiger partial charge is 0.475 e. The van der Waals surface area contributed by atoms with E-state index in [1.54, 1.807) is 0 Å². The van der Waals surface area contributed by atoms with Crippen LogP contribution in [-0.4, -0.2) is 42.1 Å². The maximum absolute atomic E-state index is 12.5. The van der Waals surface area contributed by atoms with Gasteiger partial charge in [0.25, 0.3) is 0 Å². The van der Waals surface area contributed by atoms with E-state index >= 15 is 0 Å². The minimum absolute atomic E-state index is 0. The Kier molecular flexibility index (Phi) is 8.52. The summed E-state index contributed by atoms with van der Waals surface area (Å²) in [7, 11) is 0. The van der Waals surface area contributed by atoms with E-state index in [9.17, 15) is 13.2 Å². The van der Waals surface area contributed by atoms with Crippen LogP contribution >= 0.6 is 35.6 Å². The normalized spacial score (nSPS) is 16.5. The predicted octanol–water partition coefficient (Wildman–Crippen LogP) is 3.80. The molecule has 5 nitrogen and oxygen atoms in total. The lowest BCUT2D eigenvalue weighted by molar-refractivity contribution is -0.137. The number of nitrogens with zero attached hydrogens (tertiary/aromatic N) is 3. The van der Waals surface area contributed by atoms with Gasteiger partial charge in [0.1, 0.15) is 11.6 Å². The van der Waals surface area contributed by atoms with Gasteiger partial charge in [-0.05, 0) is 24.8 Å². The third kappa shape index (κ3) is 6.69. The number of hydrogen-bond acceptors (Lipinski definition) is 3. The summed E-state index contributed by atoms with van der Waals surface area (Å²) < 4.78 is 42.8. The van der Waals surface area contributed by atoms with Gasteiger partial charge >= 0.3 is 6.18 Å². The number of ether oxygens (including phenoxy) is 1. The van der Waals surface area contributed by atoms with Crippen molar-refractivity contribution in [2.24, 2.45) is 16.6 Å². The summed E-state index contributed by atoms with van der Waals surface area (Å²) in [6.07, 6.45) is -1.64. The molecule has 2 heterocycles. The topological polar surface area (TPSA) is 63.7 Å². The van der Waals surface area contributed by atoms with E-state index in [1.165, 1.54) is 0 Å². The van der Waals surface area contributed by atoms with Crippen LogP contribution in [0.2, 0.25) is 5.02 Å². The molecule has 0 aromatic carbocycles. The number of aliphatic imine (C=N–C) groups is 1. The molecule has 10 heteroatoms. The highest BCUT2D eigenvalue weighted by Crippen LogP contribution is 2.33. The minimum atomic E-state index is -4.49. The van der Waals surface area contributed by atoms with Crippen LogP contribution in [0.25, 0.3) is 0 Å². The fourth-order valence-corrected chi connectivity index (χ4v) is 2.55. The van der Waals surface area contributed by atoms with Crippen molar-refractivity contribution >= 4 is 41.5 Å². The van der Waals surface area contributed by atoms with Crippen LogP contribution < -0.4 is 10.5 Å². The molecule has 1 aromatic heterocycles. The van der Waals surface area contributed by atoms with Crippen molar-refractivity contribution < 1.29 is 17.9 Å². The smallest absolute Gasteiger partial charge is 0.417 e. The van der Waals surface area contributed by atoms with E-state index in [-0.39, 0.29) is 48.0 Å². The zero-order chi connectivity index (χ0) is 17.7. The molecule has 142 valence electrons. The quantitative estimate of drug-likeness (QED) is 0.301. The third-order valence-electron chi connectivity index (χ3n) is 3.85. The Bertz CT molecular complexity index is 593. The van der Waals surface area contributed by atoms with E-state index in [1.807, 2.05) is 4.90 Å². The summed E-state index contributed by atoms with van der Waals surface area (Å²) in [5, 5.41) is -0.188. The molecule has 25 heavy (non-hydrogen) atoms. The molecule has 0 unspecified atom stereocenters. The number of rotatable bonds is 4. The first-order valence-electron chi connectivity index (χ1n) is 7.67. The Morgan fingerprint density at radius 3 is 2.64 bits per heavy atom. The number of alkyl halides is 3. The fraction of sp³-hybridized carbons (Fsp3) is 0.600. The molecule has 0 saturated carbocycles. The van der Waals surface area contributed by atoms with Crippen LogP contribution in [0.15, 0.2) is 17.3 Å². The van der Waals surface area contributed by atoms with Crippen LogP contribution in [0.3, 0.4) is 0 Å². The van der Waals surface area contributed by atoms with Crippen molar-refractivity contribution in [1.82, 2.24) is 9.88 Å². The molecule has 0 atom stereocenters. The molecule has 1 aliphatic rings. The molecule has 0 amide bonds. The Morgan fingerprint density at radius 1 is 1.44 bits per heavy atom. The molecule has 1 aliphatic heterocycles. The van der Waals surface area contributed by atoms with Crippen molar-refractivity contribution in [2.75, 3.05) is 26.2 Å². The number of piperidine rings is 1. The molecule has 2 rings (SSSR count). The van der Waals surface area contributed by atoms with Gasteiger partial charge in [0.15, 0.2) is 5.96 Å². The van der Waals surface area contributed by atoms with Crippen molar-refractivity contribution in [2.45, 2.75) is 25.9 Å². The molecule has 1 aromatic rings. The zero-order valence-electron chi connectivity index (χ0n) is 13.7. The predicted molar refractivity (Wildman–Crippen MR) is 102 cm³/mol. The lowest BCUT2D eigenvalue weighted by atomic mass is 10.00. The Hall–Kier alpha value is -0.970. The van der Waals surface area contributed by atoms with E-state index in [4.69, 9.17) is 22.1 Å². The van der Waals surface area contributed by atoms with Crippen LogP contribution in [0.5, 0.6) is 5.88 Å². The van der Waals surface area contributed by atoms with Gasteiger partial charge in [-0.3, -0.25) is 0 Å². The highest BCUT2D eigenvalue weighted by molar-refractivity contribution is 14.0. The standard InChI is InChI=1S/C15H20ClF3N4O.HI/c1-10-2-5-23(6-3-10)14(20)21-4-7-24-13-12(16)8-11(9-22-13)15(17,18)19;/h8-10H,2-7H2,1H3,(H2,20,21);1H. The first-order valence-corrected chi connectivity index (χ1v) is 8.05. The number of nitrogens with two attached hydrogens (primary N) is 1. The van der Waals surface area contributed by atoms with E-state index in [2.05, 4.69) is 16.9 Å².